The zero-order chi connectivity index (χ0) is 10.7. The van der Waals surface area contributed by atoms with Crippen LogP contribution in [-0.2, 0) is 6.54 Å². The summed E-state index contributed by atoms with van der Waals surface area (Å²) in [5.41, 5.74) is 0.108. The molecule has 1 rings (SSSR count). The van der Waals surface area contributed by atoms with Crippen molar-refractivity contribution in [2.24, 2.45) is 0 Å². The van der Waals surface area contributed by atoms with E-state index in [9.17, 15) is 9.50 Å². The van der Waals surface area contributed by atoms with E-state index in [0.717, 1.165) is 0 Å². The number of phenols is 1. The van der Waals surface area contributed by atoms with Gasteiger partial charge in [0, 0.05) is 18.2 Å². The molecule has 0 fully saturated rings. The minimum absolute atomic E-state index is 0.0260. The van der Waals surface area contributed by atoms with Crippen LogP contribution < -0.4 is 10.1 Å². The molecule has 5 heteroatoms. The van der Waals surface area contributed by atoms with Crippen molar-refractivity contribution in [1.29, 1.82) is 0 Å². The maximum absolute atomic E-state index is 13.5. The molecule has 0 aliphatic carbocycles. The Morgan fingerprint density at radius 2 is 2.29 bits per heavy atom. The number of ether oxygens (including phenoxy) is 1. The van der Waals surface area contributed by atoms with Crippen LogP contribution >= 0.6 is 11.6 Å². The molecule has 0 radical (unpaired) electrons. The van der Waals surface area contributed by atoms with Gasteiger partial charge in [-0.3, -0.25) is 0 Å². The largest absolute Gasteiger partial charge is 0.506 e. The predicted octanol–water partition coefficient (Wildman–Crippen LogP) is 1.91. The van der Waals surface area contributed by atoms with Crippen molar-refractivity contribution in [3.8, 4) is 11.5 Å². The monoisotopic (exact) mass is 219 g/mol. The average Bonchev–Trinajstić information content (AvgIpc) is 2.18. The molecule has 14 heavy (non-hydrogen) atoms. The van der Waals surface area contributed by atoms with Crippen molar-refractivity contribution >= 4 is 11.6 Å². The fourth-order valence-corrected chi connectivity index (χ4v) is 1.34. The van der Waals surface area contributed by atoms with E-state index >= 15 is 0 Å². The molecule has 0 aliphatic heterocycles. The van der Waals surface area contributed by atoms with E-state index in [0.29, 0.717) is 0 Å². The van der Waals surface area contributed by atoms with E-state index in [-0.39, 0.29) is 28.6 Å². The molecule has 1 aromatic carbocycles. The second kappa shape index (κ2) is 4.48. The lowest BCUT2D eigenvalue weighted by atomic mass is 10.1. The van der Waals surface area contributed by atoms with Crippen molar-refractivity contribution in [2.75, 3.05) is 14.2 Å². The molecule has 0 heterocycles. The summed E-state index contributed by atoms with van der Waals surface area (Å²) in [6.07, 6.45) is 0. The molecular formula is C9H11ClFNO2. The molecule has 2 N–H and O–H groups in total. The highest BCUT2D eigenvalue weighted by Gasteiger charge is 2.16. The van der Waals surface area contributed by atoms with Gasteiger partial charge in [0.2, 0.25) is 0 Å². The Morgan fingerprint density at radius 1 is 1.64 bits per heavy atom. The number of halogens is 2. The van der Waals surface area contributed by atoms with Crippen LogP contribution in [0.3, 0.4) is 0 Å². The highest BCUT2D eigenvalue weighted by Crippen LogP contribution is 2.35. The highest BCUT2D eigenvalue weighted by atomic mass is 35.5. The van der Waals surface area contributed by atoms with Crippen molar-refractivity contribution in [2.45, 2.75) is 6.54 Å². The normalized spacial score (nSPS) is 10.3. The second-order valence-electron chi connectivity index (χ2n) is 2.73. The van der Waals surface area contributed by atoms with Gasteiger partial charge in [-0.1, -0.05) is 11.6 Å². The van der Waals surface area contributed by atoms with Gasteiger partial charge in [0.1, 0.15) is 5.75 Å². The first kappa shape index (κ1) is 11.1. The Kier molecular flexibility index (Phi) is 3.55. The van der Waals surface area contributed by atoms with Crippen LogP contribution in [0.2, 0.25) is 5.02 Å². The van der Waals surface area contributed by atoms with Gasteiger partial charge in [0.15, 0.2) is 11.6 Å². The third-order valence-corrected chi connectivity index (χ3v) is 2.11. The maximum atomic E-state index is 13.5. The maximum Gasteiger partial charge on any atom is 0.173 e. The average molecular weight is 220 g/mol. The number of hydrogen-bond donors (Lipinski definition) is 2. The van der Waals surface area contributed by atoms with E-state index in [1.807, 2.05) is 0 Å². The van der Waals surface area contributed by atoms with Crippen LogP contribution in [0.15, 0.2) is 6.07 Å². The molecule has 0 bridgehead atoms. The van der Waals surface area contributed by atoms with E-state index in [2.05, 4.69) is 5.32 Å². The smallest absolute Gasteiger partial charge is 0.173 e. The number of phenolic OH excluding ortho intramolecular Hbond substituents is 1. The Bertz CT molecular complexity index is 344. The summed E-state index contributed by atoms with van der Waals surface area (Å²) in [6, 6.07) is 1.24. The molecule has 1 aromatic rings. The Labute approximate surface area is 86.5 Å². The molecular weight excluding hydrogens is 209 g/mol. The van der Waals surface area contributed by atoms with Crippen molar-refractivity contribution in [1.82, 2.24) is 5.32 Å². The number of rotatable bonds is 3. The number of benzene rings is 1. The Hall–Kier alpha value is -1.00. The summed E-state index contributed by atoms with van der Waals surface area (Å²) >= 11 is 5.68. The third-order valence-electron chi connectivity index (χ3n) is 1.82. The number of aromatic hydroxyl groups is 1. The molecule has 3 nitrogen and oxygen atoms in total. The zero-order valence-corrected chi connectivity index (χ0v) is 8.65. The van der Waals surface area contributed by atoms with E-state index in [4.69, 9.17) is 16.3 Å². The molecule has 78 valence electrons. The minimum Gasteiger partial charge on any atom is -0.506 e. The SMILES string of the molecule is CNCc1c(O)c(Cl)cc(OC)c1F. The first-order chi connectivity index (χ1) is 6.61. The summed E-state index contributed by atoms with van der Waals surface area (Å²) in [5.74, 6) is -0.818. The van der Waals surface area contributed by atoms with Gasteiger partial charge in [-0.25, -0.2) is 4.39 Å². The molecule has 0 atom stereocenters. The lowest BCUT2D eigenvalue weighted by Gasteiger charge is -2.10. The van der Waals surface area contributed by atoms with Crippen LogP contribution in [0.1, 0.15) is 5.56 Å². The van der Waals surface area contributed by atoms with E-state index in [1.165, 1.54) is 13.2 Å². The lowest BCUT2D eigenvalue weighted by Crippen LogP contribution is -2.08. The predicted molar refractivity (Wildman–Crippen MR) is 52.4 cm³/mol. The fourth-order valence-electron chi connectivity index (χ4n) is 1.13. The summed E-state index contributed by atoms with van der Waals surface area (Å²) in [4.78, 5) is 0. The quantitative estimate of drug-likeness (QED) is 0.816. The van der Waals surface area contributed by atoms with Crippen LogP contribution in [0.4, 0.5) is 4.39 Å². The summed E-state index contributed by atoms with van der Waals surface area (Å²) < 4.78 is 18.3. The molecule has 0 aliphatic rings. The van der Waals surface area contributed by atoms with Gasteiger partial charge in [0.05, 0.1) is 12.1 Å². The van der Waals surface area contributed by atoms with Crippen LogP contribution in [0, 0.1) is 5.82 Å². The third kappa shape index (κ3) is 1.91. The molecule has 0 saturated carbocycles. The summed E-state index contributed by atoms with van der Waals surface area (Å²) in [7, 11) is 2.99. The Balaban J connectivity index is 3.29. The molecule has 0 unspecified atom stereocenters. The zero-order valence-electron chi connectivity index (χ0n) is 7.90. The van der Waals surface area contributed by atoms with Crippen molar-refractivity contribution in [3.05, 3.63) is 22.5 Å². The number of hydrogen-bond acceptors (Lipinski definition) is 3. The van der Waals surface area contributed by atoms with Crippen molar-refractivity contribution < 1.29 is 14.2 Å². The van der Waals surface area contributed by atoms with E-state index in [1.54, 1.807) is 7.05 Å². The molecule has 0 spiro atoms. The van der Waals surface area contributed by atoms with Gasteiger partial charge in [0.25, 0.3) is 0 Å². The second-order valence-corrected chi connectivity index (χ2v) is 3.14. The van der Waals surface area contributed by atoms with Crippen LogP contribution in [0.5, 0.6) is 11.5 Å². The highest BCUT2D eigenvalue weighted by molar-refractivity contribution is 6.32. The summed E-state index contributed by atoms with van der Waals surface area (Å²) in [5, 5.41) is 12.3. The lowest BCUT2D eigenvalue weighted by molar-refractivity contribution is 0.377. The van der Waals surface area contributed by atoms with Crippen LogP contribution in [-0.4, -0.2) is 19.3 Å². The number of nitrogens with one attached hydrogen (secondary N) is 1. The van der Waals surface area contributed by atoms with Gasteiger partial charge in [-0.2, -0.15) is 0 Å². The van der Waals surface area contributed by atoms with Crippen molar-refractivity contribution in [3.63, 3.8) is 0 Å². The minimum atomic E-state index is -0.594. The number of methoxy groups -OCH3 is 1. The first-order valence-corrected chi connectivity index (χ1v) is 4.38. The Morgan fingerprint density at radius 3 is 2.79 bits per heavy atom. The van der Waals surface area contributed by atoms with Crippen LogP contribution in [0.25, 0.3) is 0 Å². The summed E-state index contributed by atoms with van der Waals surface area (Å²) in [6.45, 7) is 0.189. The standard InChI is InChI=1S/C9H11ClFNO2/c1-12-4-5-8(11)7(14-2)3-6(10)9(5)13/h3,12-13H,4H2,1-2H3. The van der Waals surface area contributed by atoms with Gasteiger partial charge < -0.3 is 15.2 Å². The van der Waals surface area contributed by atoms with E-state index < -0.39 is 5.82 Å². The molecule has 0 saturated heterocycles. The first-order valence-electron chi connectivity index (χ1n) is 4.00. The molecule has 0 amide bonds. The van der Waals surface area contributed by atoms with Gasteiger partial charge in [-0.15, -0.1) is 0 Å². The molecule has 0 aromatic heterocycles. The van der Waals surface area contributed by atoms with Gasteiger partial charge in [-0.05, 0) is 7.05 Å². The topological polar surface area (TPSA) is 41.5 Å². The fraction of sp³-hybridized carbons (Fsp3) is 0.333. The van der Waals surface area contributed by atoms with Gasteiger partial charge >= 0.3 is 0 Å².